The van der Waals surface area contributed by atoms with Gasteiger partial charge in [0.05, 0.1) is 6.61 Å². The van der Waals surface area contributed by atoms with Crippen LogP contribution in [0.2, 0.25) is 0 Å². The van der Waals surface area contributed by atoms with E-state index in [2.05, 4.69) is 23.6 Å². The molecule has 1 unspecified atom stereocenters. The summed E-state index contributed by atoms with van der Waals surface area (Å²) < 4.78 is 4.43. The third-order valence-corrected chi connectivity index (χ3v) is 2.92. The SMILES string of the molecule is C=CC(=O)OCC.CCCCCCC1CC(=O)NC1=O. The molecule has 1 saturated heterocycles. The van der Waals surface area contributed by atoms with Gasteiger partial charge >= 0.3 is 5.97 Å². The van der Waals surface area contributed by atoms with Crippen LogP contribution in [0.4, 0.5) is 0 Å². The minimum absolute atomic E-state index is 0.0376. The third kappa shape index (κ3) is 8.45. The maximum Gasteiger partial charge on any atom is 0.330 e. The molecule has 1 aliphatic rings. The van der Waals surface area contributed by atoms with Gasteiger partial charge in [0, 0.05) is 18.4 Å². The maximum atomic E-state index is 11.1. The van der Waals surface area contributed by atoms with Gasteiger partial charge in [0.2, 0.25) is 11.8 Å². The Morgan fingerprint density at radius 1 is 1.35 bits per heavy atom. The Kier molecular flexibility index (Phi) is 10.3. The van der Waals surface area contributed by atoms with E-state index in [0.29, 0.717) is 13.0 Å². The monoisotopic (exact) mass is 283 g/mol. The van der Waals surface area contributed by atoms with Gasteiger partial charge in [0.25, 0.3) is 0 Å². The van der Waals surface area contributed by atoms with Crippen molar-refractivity contribution in [1.29, 1.82) is 0 Å². The first-order valence-electron chi connectivity index (χ1n) is 7.18. The Hall–Kier alpha value is -1.65. The second kappa shape index (κ2) is 11.2. The van der Waals surface area contributed by atoms with E-state index in [9.17, 15) is 14.4 Å². The highest BCUT2D eigenvalue weighted by Crippen LogP contribution is 2.18. The molecular weight excluding hydrogens is 258 g/mol. The molecule has 0 aliphatic carbocycles. The predicted octanol–water partition coefficient (Wildman–Crippen LogP) is 2.35. The molecule has 0 aromatic heterocycles. The van der Waals surface area contributed by atoms with E-state index in [1.54, 1.807) is 6.92 Å². The highest BCUT2D eigenvalue weighted by atomic mass is 16.5. The largest absolute Gasteiger partial charge is 0.463 e. The molecule has 1 aliphatic heterocycles. The van der Waals surface area contributed by atoms with Gasteiger partial charge in [-0.25, -0.2) is 4.79 Å². The Labute approximate surface area is 120 Å². The number of rotatable bonds is 7. The second-order valence-corrected chi connectivity index (χ2v) is 4.62. The molecule has 0 radical (unpaired) electrons. The molecule has 20 heavy (non-hydrogen) atoms. The van der Waals surface area contributed by atoms with Crippen molar-refractivity contribution in [2.75, 3.05) is 6.61 Å². The number of carbonyl (C=O) groups excluding carboxylic acids is 3. The lowest BCUT2D eigenvalue weighted by Gasteiger charge is -2.03. The van der Waals surface area contributed by atoms with Crippen LogP contribution >= 0.6 is 0 Å². The fraction of sp³-hybridized carbons (Fsp3) is 0.667. The van der Waals surface area contributed by atoms with Gasteiger partial charge in [-0.05, 0) is 13.3 Å². The summed E-state index contributed by atoms with van der Waals surface area (Å²) in [6.45, 7) is 7.54. The smallest absolute Gasteiger partial charge is 0.330 e. The summed E-state index contributed by atoms with van der Waals surface area (Å²) in [7, 11) is 0. The minimum Gasteiger partial charge on any atom is -0.463 e. The molecule has 5 nitrogen and oxygen atoms in total. The summed E-state index contributed by atoms with van der Waals surface area (Å²) >= 11 is 0. The van der Waals surface area contributed by atoms with E-state index < -0.39 is 0 Å². The number of amides is 2. The lowest BCUT2D eigenvalue weighted by atomic mass is 9.99. The molecule has 1 heterocycles. The maximum absolute atomic E-state index is 11.1. The van der Waals surface area contributed by atoms with Gasteiger partial charge in [0.1, 0.15) is 0 Å². The highest BCUT2D eigenvalue weighted by Gasteiger charge is 2.29. The molecular formula is C15H25NO4. The Balaban J connectivity index is 0.000000441. The van der Waals surface area contributed by atoms with Crippen LogP contribution in [-0.4, -0.2) is 24.4 Å². The summed E-state index contributed by atoms with van der Waals surface area (Å²) in [6.07, 6.45) is 7.10. The number of imide groups is 1. The quantitative estimate of drug-likeness (QED) is 0.337. The van der Waals surface area contributed by atoms with Crippen molar-refractivity contribution in [1.82, 2.24) is 5.32 Å². The Bertz CT molecular complexity index is 339. The number of esters is 1. The molecule has 1 atom stereocenters. The fourth-order valence-electron chi connectivity index (χ4n) is 1.86. The van der Waals surface area contributed by atoms with Gasteiger partial charge < -0.3 is 4.74 Å². The molecule has 5 heteroatoms. The van der Waals surface area contributed by atoms with Gasteiger partial charge in [-0.2, -0.15) is 0 Å². The fourth-order valence-corrected chi connectivity index (χ4v) is 1.86. The number of nitrogens with one attached hydrogen (secondary N) is 1. The van der Waals surface area contributed by atoms with Crippen molar-refractivity contribution in [3.8, 4) is 0 Å². The molecule has 114 valence electrons. The average Bonchev–Trinajstić information content (AvgIpc) is 2.74. The number of ether oxygens (including phenoxy) is 1. The molecule has 1 rings (SSSR count). The number of unbranched alkanes of at least 4 members (excludes halogenated alkanes) is 3. The van der Waals surface area contributed by atoms with Crippen molar-refractivity contribution in [2.45, 2.75) is 52.4 Å². The van der Waals surface area contributed by atoms with E-state index in [0.717, 1.165) is 18.9 Å². The molecule has 0 bridgehead atoms. The van der Waals surface area contributed by atoms with E-state index in [1.165, 1.54) is 19.3 Å². The summed E-state index contributed by atoms with van der Waals surface area (Å²) in [4.78, 5) is 32.0. The molecule has 0 spiro atoms. The summed E-state index contributed by atoms with van der Waals surface area (Å²) in [5.74, 6) is -0.571. The second-order valence-electron chi connectivity index (χ2n) is 4.62. The van der Waals surface area contributed by atoms with Crippen molar-refractivity contribution in [3.05, 3.63) is 12.7 Å². The normalized spacial score (nSPS) is 17.0. The van der Waals surface area contributed by atoms with Crippen molar-refractivity contribution >= 4 is 17.8 Å². The third-order valence-electron chi connectivity index (χ3n) is 2.92. The van der Waals surface area contributed by atoms with Crippen LogP contribution < -0.4 is 5.32 Å². The number of hydrogen-bond acceptors (Lipinski definition) is 4. The lowest BCUT2D eigenvalue weighted by molar-refractivity contribution is -0.137. The van der Waals surface area contributed by atoms with Crippen LogP contribution in [0.1, 0.15) is 52.4 Å². The number of hydrogen-bond donors (Lipinski definition) is 1. The average molecular weight is 283 g/mol. The van der Waals surface area contributed by atoms with Gasteiger partial charge in [-0.15, -0.1) is 0 Å². The molecule has 1 N–H and O–H groups in total. The molecule has 0 saturated carbocycles. The molecule has 0 aromatic carbocycles. The minimum atomic E-state index is -0.359. The van der Waals surface area contributed by atoms with Crippen LogP contribution in [0, 0.1) is 5.92 Å². The van der Waals surface area contributed by atoms with Crippen LogP contribution in [-0.2, 0) is 19.1 Å². The summed E-state index contributed by atoms with van der Waals surface area (Å²) in [6, 6.07) is 0. The van der Waals surface area contributed by atoms with E-state index in [-0.39, 0.29) is 23.7 Å². The van der Waals surface area contributed by atoms with Crippen molar-refractivity contribution < 1.29 is 19.1 Å². The lowest BCUT2D eigenvalue weighted by Crippen LogP contribution is -2.21. The zero-order chi connectivity index (χ0) is 15.4. The topological polar surface area (TPSA) is 72.5 Å². The zero-order valence-corrected chi connectivity index (χ0v) is 12.4. The standard InChI is InChI=1S/C10H17NO2.C5H8O2/c1-2-3-4-5-6-8-7-9(12)11-10(8)13;1-3-5(6)7-4-2/h8H,2-7H2,1H3,(H,11,12,13);3H,1,4H2,2H3. The van der Waals surface area contributed by atoms with E-state index in [1.807, 2.05) is 0 Å². The summed E-state index contributed by atoms with van der Waals surface area (Å²) in [5.41, 5.74) is 0. The zero-order valence-electron chi connectivity index (χ0n) is 12.4. The van der Waals surface area contributed by atoms with Gasteiger partial charge in [0.15, 0.2) is 0 Å². The molecule has 0 aromatic rings. The first kappa shape index (κ1) is 18.4. The van der Waals surface area contributed by atoms with Crippen LogP contribution in [0.3, 0.4) is 0 Å². The first-order chi connectivity index (χ1) is 9.54. The highest BCUT2D eigenvalue weighted by molar-refractivity contribution is 6.03. The number of carbonyl (C=O) groups is 3. The Morgan fingerprint density at radius 2 is 2.05 bits per heavy atom. The van der Waals surface area contributed by atoms with Crippen molar-refractivity contribution in [3.63, 3.8) is 0 Å². The Morgan fingerprint density at radius 3 is 2.45 bits per heavy atom. The molecule has 2 amide bonds. The predicted molar refractivity (Wildman–Crippen MR) is 76.8 cm³/mol. The van der Waals surface area contributed by atoms with Gasteiger partial charge in [-0.1, -0.05) is 39.2 Å². The van der Waals surface area contributed by atoms with E-state index in [4.69, 9.17) is 0 Å². The van der Waals surface area contributed by atoms with Gasteiger partial charge in [-0.3, -0.25) is 14.9 Å². The summed E-state index contributed by atoms with van der Waals surface area (Å²) in [5, 5.41) is 2.33. The van der Waals surface area contributed by atoms with Crippen LogP contribution in [0.15, 0.2) is 12.7 Å². The first-order valence-corrected chi connectivity index (χ1v) is 7.18. The van der Waals surface area contributed by atoms with Crippen molar-refractivity contribution in [2.24, 2.45) is 5.92 Å². The van der Waals surface area contributed by atoms with Crippen LogP contribution in [0.5, 0.6) is 0 Å². The van der Waals surface area contributed by atoms with Crippen LogP contribution in [0.25, 0.3) is 0 Å². The molecule has 1 fully saturated rings. The van der Waals surface area contributed by atoms with E-state index >= 15 is 0 Å².